The van der Waals surface area contributed by atoms with Crippen molar-refractivity contribution in [2.24, 2.45) is 0 Å². The highest BCUT2D eigenvalue weighted by Crippen LogP contribution is 2.38. The van der Waals surface area contributed by atoms with E-state index in [1.807, 2.05) is 0 Å². The SMILES string of the molecule is CN(c1ccccc1C(F)(F)F)C1CCCCC1Cl. The highest BCUT2D eigenvalue weighted by atomic mass is 35.5. The number of rotatable bonds is 2. The van der Waals surface area contributed by atoms with Gasteiger partial charge in [-0.25, -0.2) is 0 Å². The first kappa shape index (κ1) is 14.5. The second-order valence-corrected chi connectivity index (χ2v) is 5.55. The Hall–Kier alpha value is -0.900. The van der Waals surface area contributed by atoms with E-state index in [9.17, 15) is 13.2 Å². The van der Waals surface area contributed by atoms with Crippen molar-refractivity contribution in [3.8, 4) is 0 Å². The number of nitrogens with zero attached hydrogens (tertiary/aromatic N) is 1. The third-order valence-electron chi connectivity index (χ3n) is 3.73. The highest BCUT2D eigenvalue weighted by Gasteiger charge is 2.36. The third kappa shape index (κ3) is 3.16. The predicted octanol–water partition coefficient (Wildman–Crippen LogP) is 4.69. The van der Waals surface area contributed by atoms with Crippen LogP contribution in [-0.4, -0.2) is 18.5 Å². The second-order valence-electron chi connectivity index (χ2n) is 4.99. The second kappa shape index (κ2) is 5.61. The maximum Gasteiger partial charge on any atom is 0.418 e. The largest absolute Gasteiger partial charge is 0.418 e. The van der Waals surface area contributed by atoms with Gasteiger partial charge >= 0.3 is 6.18 Å². The molecule has 1 aromatic rings. The summed E-state index contributed by atoms with van der Waals surface area (Å²) in [5, 5.41) is -0.0833. The summed E-state index contributed by atoms with van der Waals surface area (Å²) in [7, 11) is 1.70. The lowest BCUT2D eigenvalue weighted by Crippen LogP contribution is -2.41. The molecule has 1 aliphatic rings. The molecule has 2 rings (SSSR count). The molecule has 0 heterocycles. The molecule has 1 nitrogen and oxygen atoms in total. The molecule has 2 unspecified atom stereocenters. The van der Waals surface area contributed by atoms with E-state index >= 15 is 0 Å². The number of para-hydroxylation sites is 1. The highest BCUT2D eigenvalue weighted by molar-refractivity contribution is 6.21. The van der Waals surface area contributed by atoms with Gasteiger partial charge in [-0.3, -0.25) is 0 Å². The molecule has 0 saturated heterocycles. The van der Waals surface area contributed by atoms with Crippen molar-refractivity contribution < 1.29 is 13.2 Å². The number of alkyl halides is 4. The fourth-order valence-corrected chi connectivity index (χ4v) is 3.15. The zero-order valence-electron chi connectivity index (χ0n) is 10.8. The van der Waals surface area contributed by atoms with Crippen molar-refractivity contribution >= 4 is 17.3 Å². The summed E-state index contributed by atoms with van der Waals surface area (Å²) in [6.45, 7) is 0. The Labute approximate surface area is 116 Å². The van der Waals surface area contributed by atoms with Gasteiger partial charge in [-0.05, 0) is 25.0 Å². The minimum atomic E-state index is -4.33. The van der Waals surface area contributed by atoms with Gasteiger partial charge in [0, 0.05) is 18.8 Å². The number of hydrogen-bond acceptors (Lipinski definition) is 1. The molecule has 0 aliphatic heterocycles. The Morgan fingerprint density at radius 2 is 1.79 bits per heavy atom. The number of halogens is 4. The summed E-state index contributed by atoms with van der Waals surface area (Å²) in [6, 6.07) is 5.66. The van der Waals surface area contributed by atoms with E-state index in [1.165, 1.54) is 12.1 Å². The molecule has 0 aromatic heterocycles. The van der Waals surface area contributed by atoms with E-state index in [0.717, 1.165) is 31.7 Å². The third-order valence-corrected chi connectivity index (χ3v) is 4.24. The molecule has 106 valence electrons. The molecule has 2 atom stereocenters. The lowest BCUT2D eigenvalue weighted by Gasteiger charge is -2.37. The van der Waals surface area contributed by atoms with E-state index in [0.29, 0.717) is 0 Å². The van der Waals surface area contributed by atoms with Crippen molar-refractivity contribution in [1.82, 2.24) is 0 Å². The molecule has 19 heavy (non-hydrogen) atoms. The smallest absolute Gasteiger partial charge is 0.370 e. The number of benzene rings is 1. The normalized spacial score (nSPS) is 24.3. The van der Waals surface area contributed by atoms with E-state index in [4.69, 9.17) is 11.6 Å². The molecule has 0 N–H and O–H groups in total. The summed E-state index contributed by atoms with van der Waals surface area (Å²) in [4.78, 5) is 1.69. The van der Waals surface area contributed by atoms with Gasteiger partial charge in [0.1, 0.15) is 0 Å². The van der Waals surface area contributed by atoms with Crippen LogP contribution in [0.4, 0.5) is 18.9 Å². The molecular formula is C14H17ClF3N. The molecule has 1 saturated carbocycles. The van der Waals surface area contributed by atoms with Gasteiger partial charge in [0.2, 0.25) is 0 Å². The fraction of sp³-hybridized carbons (Fsp3) is 0.571. The van der Waals surface area contributed by atoms with Crippen LogP contribution in [0.3, 0.4) is 0 Å². The van der Waals surface area contributed by atoms with Crippen LogP contribution in [0.5, 0.6) is 0 Å². The first-order chi connectivity index (χ1) is 8.91. The van der Waals surface area contributed by atoms with Gasteiger partial charge < -0.3 is 4.90 Å². The molecule has 1 aromatic carbocycles. The molecule has 5 heteroatoms. The van der Waals surface area contributed by atoms with Gasteiger partial charge in [0.15, 0.2) is 0 Å². The molecule has 1 aliphatic carbocycles. The Balaban J connectivity index is 2.30. The zero-order chi connectivity index (χ0) is 14.0. The quantitative estimate of drug-likeness (QED) is 0.714. The van der Waals surface area contributed by atoms with Crippen LogP contribution in [0.25, 0.3) is 0 Å². The van der Waals surface area contributed by atoms with E-state index in [2.05, 4.69) is 0 Å². The Morgan fingerprint density at radius 1 is 1.16 bits per heavy atom. The van der Waals surface area contributed by atoms with Crippen molar-refractivity contribution in [2.45, 2.75) is 43.3 Å². The number of hydrogen-bond donors (Lipinski definition) is 0. The van der Waals surface area contributed by atoms with Crippen LogP contribution in [0.2, 0.25) is 0 Å². The maximum atomic E-state index is 13.0. The predicted molar refractivity (Wildman–Crippen MR) is 71.7 cm³/mol. The molecule has 1 fully saturated rings. The van der Waals surface area contributed by atoms with Gasteiger partial charge in [-0.2, -0.15) is 13.2 Å². The van der Waals surface area contributed by atoms with E-state index in [1.54, 1.807) is 18.0 Å². The average molecular weight is 292 g/mol. The Kier molecular flexibility index (Phi) is 4.29. The van der Waals surface area contributed by atoms with Crippen molar-refractivity contribution in [3.05, 3.63) is 29.8 Å². The van der Waals surface area contributed by atoms with Crippen molar-refractivity contribution in [1.29, 1.82) is 0 Å². The summed E-state index contributed by atoms with van der Waals surface area (Å²) < 4.78 is 39.0. The van der Waals surface area contributed by atoms with Crippen LogP contribution in [-0.2, 0) is 6.18 Å². The molecule has 0 bridgehead atoms. The van der Waals surface area contributed by atoms with Gasteiger partial charge in [0.05, 0.1) is 10.9 Å². The first-order valence-electron chi connectivity index (χ1n) is 6.44. The van der Waals surface area contributed by atoms with E-state index in [-0.39, 0.29) is 17.1 Å². The van der Waals surface area contributed by atoms with Crippen LogP contribution in [0, 0.1) is 0 Å². The lowest BCUT2D eigenvalue weighted by molar-refractivity contribution is -0.137. The Bertz CT molecular complexity index is 433. The van der Waals surface area contributed by atoms with Gasteiger partial charge in [-0.1, -0.05) is 25.0 Å². The van der Waals surface area contributed by atoms with Crippen molar-refractivity contribution in [2.75, 3.05) is 11.9 Å². The minimum absolute atomic E-state index is 0.0288. The topological polar surface area (TPSA) is 3.24 Å². The van der Waals surface area contributed by atoms with Crippen molar-refractivity contribution in [3.63, 3.8) is 0 Å². The average Bonchev–Trinajstić information content (AvgIpc) is 2.37. The van der Waals surface area contributed by atoms with Crippen LogP contribution in [0.1, 0.15) is 31.2 Å². The van der Waals surface area contributed by atoms with Gasteiger partial charge in [-0.15, -0.1) is 11.6 Å². The fourth-order valence-electron chi connectivity index (χ4n) is 2.70. The lowest BCUT2D eigenvalue weighted by atomic mass is 9.93. The summed E-state index contributed by atoms with van der Waals surface area (Å²) in [5.74, 6) is 0. The summed E-state index contributed by atoms with van der Waals surface area (Å²) in [6.07, 6.45) is -0.547. The van der Waals surface area contributed by atoms with Crippen LogP contribution in [0.15, 0.2) is 24.3 Å². The van der Waals surface area contributed by atoms with E-state index < -0.39 is 11.7 Å². The Morgan fingerprint density at radius 3 is 2.42 bits per heavy atom. The summed E-state index contributed by atoms with van der Waals surface area (Å²) in [5.41, 5.74) is -0.375. The molecule has 0 radical (unpaired) electrons. The molecular weight excluding hydrogens is 275 g/mol. The maximum absolute atomic E-state index is 13.0. The minimum Gasteiger partial charge on any atom is -0.370 e. The van der Waals surface area contributed by atoms with Gasteiger partial charge in [0.25, 0.3) is 0 Å². The number of anilines is 1. The standard InChI is InChI=1S/C14H17ClF3N/c1-19(13-9-5-3-7-11(13)15)12-8-4-2-6-10(12)14(16,17)18/h2,4,6,8,11,13H,3,5,7,9H2,1H3. The molecule has 0 spiro atoms. The van der Waals surface area contributed by atoms with Crippen LogP contribution >= 0.6 is 11.6 Å². The first-order valence-corrected chi connectivity index (χ1v) is 6.88. The monoisotopic (exact) mass is 291 g/mol. The zero-order valence-corrected chi connectivity index (χ0v) is 11.5. The summed E-state index contributed by atoms with van der Waals surface area (Å²) >= 11 is 6.27. The molecule has 0 amide bonds. The van der Waals surface area contributed by atoms with Crippen LogP contribution < -0.4 is 4.90 Å².